The van der Waals surface area contributed by atoms with Gasteiger partial charge in [0.15, 0.2) is 11.0 Å². The molecule has 4 rings (SSSR count). The number of carbonyl (C=O) groups is 1. The SMILES string of the molecule is CC(C)(C)N(Cc1ccccc1)C(=O)CSc1nnc(-c2ccccc2)n1-c1ccc(F)cc1F. The molecule has 0 fully saturated rings. The standard InChI is InChI=1S/C27H26F2N4OS/c1-27(2,3)32(17-19-10-6-4-7-11-19)24(34)18-35-26-31-30-25(20-12-8-5-9-13-20)33(26)23-15-14-21(28)16-22(23)29/h4-16H,17-18H2,1-3H3. The van der Waals surface area contributed by atoms with E-state index in [0.717, 1.165) is 17.2 Å². The molecule has 35 heavy (non-hydrogen) atoms. The topological polar surface area (TPSA) is 51.0 Å². The second kappa shape index (κ2) is 10.4. The molecule has 0 spiro atoms. The van der Waals surface area contributed by atoms with Gasteiger partial charge in [-0.15, -0.1) is 10.2 Å². The summed E-state index contributed by atoms with van der Waals surface area (Å²) in [5, 5.41) is 8.87. The van der Waals surface area contributed by atoms with E-state index in [0.29, 0.717) is 17.5 Å². The van der Waals surface area contributed by atoms with Crippen molar-refractivity contribution in [2.75, 3.05) is 5.75 Å². The zero-order chi connectivity index (χ0) is 25.0. The van der Waals surface area contributed by atoms with E-state index < -0.39 is 17.2 Å². The smallest absolute Gasteiger partial charge is 0.233 e. The van der Waals surface area contributed by atoms with Crippen molar-refractivity contribution in [3.8, 4) is 17.1 Å². The third-order valence-electron chi connectivity index (χ3n) is 5.44. The van der Waals surface area contributed by atoms with Crippen LogP contribution in [0, 0.1) is 11.6 Å². The first-order valence-electron chi connectivity index (χ1n) is 11.2. The Morgan fingerprint density at radius 1 is 0.943 bits per heavy atom. The van der Waals surface area contributed by atoms with Crippen LogP contribution >= 0.6 is 11.8 Å². The lowest BCUT2D eigenvalue weighted by Crippen LogP contribution is -2.45. The molecule has 8 heteroatoms. The third kappa shape index (κ3) is 5.77. The van der Waals surface area contributed by atoms with Crippen LogP contribution in [0.15, 0.2) is 84.0 Å². The fourth-order valence-corrected chi connectivity index (χ4v) is 4.51. The number of rotatable bonds is 7. The highest BCUT2D eigenvalue weighted by molar-refractivity contribution is 7.99. The first-order valence-corrected chi connectivity index (χ1v) is 12.2. The Bertz CT molecular complexity index is 1300. The highest BCUT2D eigenvalue weighted by Crippen LogP contribution is 2.30. The molecule has 0 aliphatic carbocycles. The largest absolute Gasteiger partial charge is 0.333 e. The summed E-state index contributed by atoms with van der Waals surface area (Å²) in [4.78, 5) is 15.1. The lowest BCUT2D eigenvalue weighted by atomic mass is 10.0. The number of amides is 1. The molecule has 180 valence electrons. The normalized spacial score (nSPS) is 11.5. The van der Waals surface area contributed by atoms with E-state index in [4.69, 9.17) is 0 Å². The lowest BCUT2D eigenvalue weighted by Gasteiger charge is -2.36. The van der Waals surface area contributed by atoms with Crippen LogP contribution in [-0.4, -0.2) is 36.9 Å². The Kier molecular flexibility index (Phi) is 7.31. The quantitative estimate of drug-likeness (QED) is 0.291. The molecule has 0 aliphatic rings. The summed E-state index contributed by atoms with van der Waals surface area (Å²) in [6.45, 7) is 6.44. The predicted molar refractivity (Wildman–Crippen MR) is 134 cm³/mol. The van der Waals surface area contributed by atoms with Crippen molar-refractivity contribution < 1.29 is 13.6 Å². The highest BCUT2D eigenvalue weighted by Gasteiger charge is 2.28. The first-order chi connectivity index (χ1) is 16.7. The van der Waals surface area contributed by atoms with Crippen LogP contribution in [0.4, 0.5) is 8.78 Å². The second-order valence-electron chi connectivity index (χ2n) is 9.03. The summed E-state index contributed by atoms with van der Waals surface area (Å²) in [6.07, 6.45) is 0. The molecule has 0 aliphatic heterocycles. The number of halogens is 2. The summed E-state index contributed by atoms with van der Waals surface area (Å²) in [6, 6.07) is 22.4. The number of thioether (sulfide) groups is 1. The highest BCUT2D eigenvalue weighted by atomic mass is 32.2. The van der Waals surface area contributed by atoms with Gasteiger partial charge in [0.1, 0.15) is 11.6 Å². The maximum Gasteiger partial charge on any atom is 0.233 e. The van der Waals surface area contributed by atoms with Gasteiger partial charge < -0.3 is 4.90 Å². The molecule has 0 atom stereocenters. The minimum absolute atomic E-state index is 0.0817. The van der Waals surface area contributed by atoms with Crippen LogP contribution in [0.2, 0.25) is 0 Å². The number of benzene rings is 3. The van der Waals surface area contributed by atoms with E-state index in [1.807, 2.05) is 86.3 Å². The molecule has 1 amide bonds. The van der Waals surface area contributed by atoms with Crippen LogP contribution in [0.1, 0.15) is 26.3 Å². The maximum atomic E-state index is 14.8. The number of hydrogen-bond donors (Lipinski definition) is 0. The van der Waals surface area contributed by atoms with E-state index in [-0.39, 0.29) is 17.3 Å². The average Bonchev–Trinajstić information content (AvgIpc) is 3.25. The fraction of sp³-hybridized carbons (Fsp3) is 0.222. The third-order valence-corrected chi connectivity index (χ3v) is 6.35. The van der Waals surface area contributed by atoms with Gasteiger partial charge in [-0.2, -0.15) is 0 Å². The molecular formula is C27H26F2N4OS. The molecular weight excluding hydrogens is 466 g/mol. The van der Waals surface area contributed by atoms with Gasteiger partial charge in [-0.25, -0.2) is 8.78 Å². The first kappa shape index (κ1) is 24.6. The summed E-state index contributed by atoms with van der Waals surface area (Å²) in [7, 11) is 0. The minimum Gasteiger partial charge on any atom is -0.333 e. The predicted octanol–water partition coefficient (Wildman–Crippen LogP) is 6.13. The lowest BCUT2D eigenvalue weighted by molar-refractivity contribution is -0.133. The summed E-state index contributed by atoms with van der Waals surface area (Å²) >= 11 is 1.17. The van der Waals surface area contributed by atoms with Crippen molar-refractivity contribution in [1.29, 1.82) is 0 Å². The molecule has 1 heterocycles. The molecule has 0 radical (unpaired) electrons. The van der Waals surface area contributed by atoms with Gasteiger partial charge in [-0.3, -0.25) is 9.36 Å². The van der Waals surface area contributed by atoms with Crippen molar-refractivity contribution in [2.24, 2.45) is 0 Å². The second-order valence-corrected chi connectivity index (χ2v) is 9.97. The van der Waals surface area contributed by atoms with E-state index in [1.165, 1.54) is 28.5 Å². The van der Waals surface area contributed by atoms with Crippen molar-refractivity contribution in [1.82, 2.24) is 19.7 Å². The Morgan fingerprint density at radius 2 is 1.60 bits per heavy atom. The fourth-order valence-electron chi connectivity index (χ4n) is 3.69. The van der Waals surface area contributed by atoms with Gasteiger partial charge in [0, 0.05) is 23.7 Å². The molecule has 4 aromatic rings. The van der Waals surface area contributed by atoms with Crippen LogP contribution in [0.25, 0.3) is 17.1 Å². The Balaban J connectivity index is 1.65. The molecule has 1 aromatic heterocycles. The van der Waals surface area contributed by atoms with Gasteiger partial charge in [-0.1, -0.05) is 72.4 Å². The molecule has 0 N–H and O–H groups in total. The Labute approximate surface area is 207 Å². The number of carbonyl (C=O) groups excluding carboxylic acids is 1. The van der Waals surface area contributed by atoms with Crippen molar-refractivity contribution in [3.63, 3.8) is 0 Å². The van der Waals surface area contributed by atoms with Crippen LogP contribution < -0.4 is 0 Å². The molecule has 0 bridgehead atoms. The average molecular weight is 493 g/mol. The van der Waals surface area contributed by atoms with Crippen molar-refractivity contribution in [2.45, 2.75) is 38.0 Å². The molecule has 0 saturated heterocycles. The summed E-state index contributed by atoms with van der Waals surface area (Å²) in [5.41, 5.74) is 1.47. The van der Waals surface area contributed by atoms with E-state index in [1.54, 1.807) is 0 Å². The maximum absolute atomic E-state index is 14.8. The van der Waals surface area contributed by atoms with Crippen LogP contribution in [0.5, 0.6) is 0 Å². The Hall–Kier alpha value is -3.52. The van der Waals surface area contributed by atoms with Crippen molar-refractivity contribution >= 4 is 17.7 Å². The minimum atomic E-state index is -0.740. The van der Waals surface area contributed by atoms with Gasteiger partial charge in [0.25, 0.3) is 0 Å². The van der Waals surface area contributed by atoms with E-state index in [2.05, 4.69) is 10.2 Å². The summed E-state index contributed by atoms with van der Waals surface area (Å²) < 4.78 is 30.0. The number of hydrogen-bond acceptors (Lipinski definition) is 4. The molecule has 0 unspecified atom stereocenters. The van der Waals surface area contributed by atoms with Crippen LogP contribution in [-0.2, 0) is 11.3 Å². The number of aromatic nitrogens is 3. The van der Waals surface area contributed by atoms with E-state index >= 15 is 0 Å². The van der Waals surface area contributed by atoms with Gasteiger partial charge in [-0.05, 0) is 38.5 Å². The Morgan fingerprint density at radius 3 is 2.23 bits per heavy atom. The molecule has 3 aromatic carbocycles. The zero-order valence-electron chi connectivity index (χ0n) is 19.8. The van der Waals surface area contributed by atoms with Crippen LogP contribution in [0.3, 0.4) is 0 Å². The van der Waals surface area contributed by atoms with Crippen molar-refractivity contribution in [3.05, 3.63) is 96.1 Å². The van der Waals surface area contributed by atoms with Gasteiger partial charge >= 0.3 is 0 Å². The monoisotopic (exact) mass is 492 g/mol. The molecule has 0 saturated carbocycles. The number of nitrogens with zero attached hydrogens (tertiary/aromatic N) is 4. The zero-order valence-corrected chi connectivity index (χ0v) is 20.6. The van der Waals surface area contributed by atoms with Gasteiger partial charge in [0.05, 0.1) is 11.4 Å². The summed E-state index contributed by atoms with van der Waals surface area (Å²) in [5.74, 6) is -1.01. The molecule has 5 nitrogen and oxygen atoms in total. The van der Waals surface area contributed by atoms with Gasteiger partial charge in [0.2, 0.25) is 5.91 Å². The van der Waals surface area contributed by atoms with E-state index in [9.17, 15) is 13.6 Å².